The molecular formula is C21H25N5O2. The Morgan fingerprint density at radius 2 is 2.18 bits per heavy atom. The molecule has 1 fully saturated rings. The summed E-state index contributed by atoms with van der Waals surface area (Å²) in [6.07, 6.45) is 8.28. The third kappa shape index (κ3) is 3.84. The van der Waals surface area contributed by atoms with Gasteiger partial charge in [-0.05, 0) is 55.0 Å². The first-order valence-electron chi connectivity index (χ1n) is 9.55. The summed E-state index contributed by atoms with van der Waals surface area (Å²) < 4.78 is 3.62. The Labute approximate surface area is 164 Å². The van der Waals surface area contributed by atoms with E-state index < -0.39 is 6.10 Å². The summed E-state index contributed by atoms with van der Waals surface area (Å²) in [5.41, 5.74) is 3.65. The third-order valence-corrected chi connectivity index (χ3v) is 5.46. The van der Waals surface area contributed by atoms with E-state index in [0.717, 1.165) is 29.7 Å². The lowest BCUT2D eigenvalue weighted by molar-refractivity contribution is 0.0873. The predicted octanol–water partition coefficient (Wildman–Crippen LogP) is 2.16. The minimum atomic E-state index is -0.534. The molecular weight excluding hydrogens is 354 g/mol. The van der Waals surface area contributed by atoms with E-state index >= 15 is 0 Å². The molecule has 28 heavy (non-hydrogen) atoms. The standard InChI is InChI=1S/C21H25N5O2/c1-14-4-5-16(10-18(14)17-11-23-25(2)13-17)21(28)24-19-8-15(9-20(19)27)12-26-7-3-6-22-26/h3-7,10-11,13,15,19-20,27H,8-9,12H2,1-2H3,(H,24,28)/t15?,19-,20-/m1/s1. The van der Waals surface area contributed by atoms with Crippen LogP contribution in [0, 0.1) is 12.8 Å². The molecule has 0 radical (unpaired) electrons. The number of nitrogens with zero attached hydrogens (tertiary/aromatic N) is 4. The molecule has 1 aliphatic rings. The van der Waals surface area contributed by atoms with Crippen LogP contribution in [0.3, 0.4) is 0 Å². The summed E-state index contributed by atoms with van der Waals surface area (Å²) >= 11 is 0. The van der Waals surface area contributed by atoms with Crippen molar-refractivity contribution in [3.05, 3.63) is 60.2 Å². The quantitative estimate of drug-likeness (QED) is 0.711. The number of carbonyl (C=O) groups excluding carboxylic acids is 1. The van der Waals surface area contributed by atoms with Gasteiger partial charge in [0.1, 0.15) is 0 Å². The van der Waals surface area contributed by atoms with Crippen LogP contribution in [0.15, 0.2) is 49.1 Å². The fourth-order valence-corrected chi connectivity index (χ4v) is 3.98. The van der Waals surface area contributed by atoms with Crippen molar-refractivity contribution in [1.82, 2.24) is 24.9 Å². The average Bonchev–Trinajstić information content (AvgIpc) is 3.39. The first-order valence-corrected chi connectivity index (χ1v) is 9.55. The Kier molecular flexibility index (Phi) is 5.00. The Balaban J connectivity index is 1.45. The van der Waals surface area contributed by atoms with Gasteiger partial charge in [-0.15, -0.1) is 0 Å². The van der Waals surface area contributed by atoms with Crippen LogP contribution in [0.25, 0.3) is 11.1 Å². The maximum Gasteiger partial charge on any atom is 0.251 e. The second kappa shape index (κ2) is 7.59. The molecule has 1 aromatic carbocycles. The van der Waals surface area contributed by atoms with Gasteiger partial charge in [0.15, 0.2) is 0 Å². The van der Waals surface area contributed by atoms with Crippen LogP contribution in [0.4, 0.5) is 0 Å². The summed E-state index contributed by atoms with van der Waals surface area (Å²) in [6, 6.07) is 7.32. The number of aliphatic hydroxyl groups is 1. The lowest BCUT2D eigenvalue weighted by Gasteiger charge is -2.17. The molecule has 3 aromatic rings. The van der Waals surface area contributed by atoms with Crippen molar-refractivity contribution in [3.63, 3.8) is 0 Å². The van der Waals surface area contributed by atoms with E-state index in [2.05, 4.69) is 15.5 Å². The SMILES string of the molecule is Cc1ccc(C(=O)N[C@@H]2CC(Cn3cccn3)C[C@H]2O)cc1-c1cnn(C)c1. The first-order chi connectivity index (χ1) is 13.5. The second-order valence-corrected chi connectivity index (χ2v) is 7.65. The molecule has 0 bridgehead atoms. The third-order valence-electron chi connectivity index (χ3n) is 5.46. The van der Waals surface area contributed by atoms with E-state index in [1.54, 1.807) is 17.1 Å². The minimum absolute atomic E-state index is 0.158. The normalized spacial score (nSPS) is 21.8. The summed E-state index contributed by atoms with van der Waals surface area (Å²) in [5.74, 6) is 0.137. The van der Waals surface area contributed by atoms with Crippen LogP contribution in [0.2, 0.25) is 0 Å². The van der Waals surface area contributed by atoms with Gasteiger partial charge in [0.25, 0.3) is 5.91 Å². The van der Waals surface area contributed by atoms with Gasteiger partial charge < -0.3 is 10.4 Å². The van der Waals surface area contributed by atoms with Crippen molar-refractivity contribution in [2.75, 3.05) is 0 Å². The highest BCUT2D eigenvalue weighted by molar-refractivity contribution is 5.96. The molecule has 2 aromatic heterocycles. The number of amides is 1. The Hall–Kier alpha value is -2.93. The summed E-state index contributed by atoms with van der Waals surface area (Å²) in [5, 5.41) is 21.9. The molecule has 1 unspecified atom stereocenters. The first kappa shape index (κ1) is 18.4. The van der Waals surface area contributed by atoms with Gasteiger partial charge in [-0.3, -0.25) is 14.2 Å². The van der Waals surface area contributed by atoms with Crippen LogP contribution in [0.1, 0.15) is 28.8 Å². The highest BCUT2D eigenvalue weighted by Gasteiger charge is 2.34. The lowest BCUT2D eigenvalue weighted by atomic mass is 10.00. The van der Waals surface area contributed by atoms with Crippen molar-refractivity contribution >= 4 is 5.91 Å². The fourth-order valence-electron chi connectivity index (χ4n) is 3.98. The average molecular weight is 379 g/mol. The van der Waals surface area contributed by atoms with Crippen LogP contribution < -0.4 is 5.32 Å². The van der Waals surface area contributed by atoms with Gasteiger partial charge in [0.05, 0.1) is 18.3 Å². The molecule has 0 aliphatic heterocycles. The fraction of sp³-hybridized carbons (Fsp3) is 0.381. The zero-order valence-corrected chi connectivity index (χ0v) is 16.1. The molecule has 2 heterocycles. The van der Waals surface area contributed by atoms with Crippen molar-refractivity contribution in [2.24, 2.45) is 13.0 Å². The molecule has 0 saturated heterocycles. The van der Waals surface area contributed by atoms with Crippen LogP contribution >= 0.6 is 0 Å². The summed E-state index contributed by atoms with van der Waals surface area (Å²) in [4.78, 5) is 12.8. The number of aryl methyl sites for hydroxylation is 2. The topological polar surface area (TPSA) is 85.0 Å². The van der Waals surface area contributed by atoms with Gasteiger partial charge in [-0.25, -0.2) is 0 Å². The number of hydrogen-bond acceptors (Lipinski definition) is 4. The summed E-state index contributed by atoms with van der Waals surface area (Å²) in [6.45, 7) is 2.77. The molecule has 3 atom stereocenters. The number of rotatable bonds is 5. The molecule has 0 spiro atoms. The van der Waals surface area contributed by atoms with Crippen molar-refractivity contribution in [2.45, 2.75) is 38.5 Å². The molecule has 7 heteroatoms. The Bertz CT molecular complexity index is 963. The van der Waals surface area contributed by atoms with Crippen molar-refractivity contribution in [3.8, 4) is 11.1 Å². The second-order valence-electron chi connectivity index (χ2n) is 7.65. The van der Waals surface area contributed by atoms with Gasteiger partial charge in [0.2, 0.25) is 0 Å². The molecule has 7 nitrogen and oxygen atoms in total. The number of aromatic nitrogens is 4. The monoisotopic (exact) mass is 379 g/mol. The largest absolute Gasteiger partial charge is 0.391 e. The molecule has 146 valence electrons. The van der Waals surface area contributed by atoms with Gasteiger partial charge >= 0.3 is 0 Å². The maximum absolute atomic E-state index is 12.8. The van der Waals surface area contributed by atoms with E-state index in [-0.39, 0.29) is 11.9 Å². The van der Waals surface area contributed by atoms with Crippen LogP contribution in [-0.4, -0.2) is 42.7 Å². The molecule has 1 aliphatic carbocycles. The highest BCUT2D eigenvalue weighted by Crippen LogP contribution is 2.28. The number of hydrogen-bond donors (Lipinski definition) is 2. The van der Waals surface area contributed by atoms with Crippen LogP contribution in [0.5, 0.6) is 0 Å². The Morgan fingerprint density at radius 1 is 1.32 bits per heavy atom. The maximum atomic E-state index is 12.8. The van der Waals surface area contributed by atoms with Crippen molar-refractivity contribution < 1.29 is 9.90 Å². The molecule has 2 N–H and O–H groups in total. The van der Waals surface area contributed by atoms with E-state index in [1.807, 2.05) is 55.3 Å². The highest BCUT2D eigenvalue weighted by atomic mass is 16.3. The van der Waals surface area contributed by atoms with Gasteiger partial charge in [-0.1, -0.05) is 6.07 Å². The number of nitrogens with one attached hydrogen (secondary N) is 1. The molecule has 1 saturated carbocycles. The minimum Gasteiger partial charge on any atom is -0.391 e. The number of benzene rings is 1. The number of aliphatic hydroxyl groups excluding tert-OH is 1. The Morgan fingerprint density at radius 3 is 2.89 bits per heavy atom. The summed E-state index contributed by atoms with van der Waals surface area (Å²) in [7, 11) is 1.87. The lowest BCUT2D eigenvalue weighted by Crippen LogP contribution is -2.39. The zero-order valence-electron chi connectivity index (χ0n) is 16.1. The van der Waals surface area contributed by atoms with Gasteiger partial charge in [-0.2, -0.15) is 10.2 Å². The van der Waals surface area contributed by atoms with E-state index in [4.69, 9.17) is 0 Å². The van der Waals surface area contributed by atoms with E-state index in [1.165, 1.54) is 0 Å². The van der Waals surface area contributed by atoms with E-state index in [9.17, 15) is 9.90 Å². The van der Waals surface area contributed by atoms with Gasteiger partial charge in [0, 0.05) is 43.3 Å². The smallest absolute Gasteiger partial charge is 0.251 e. The van der Waals surface area contributed by atoms with E-state index in [0.29, 0.717) is 17.9 Å². The molecule has 1 amide bonds. The van der Waals surface area contributed by atoms with Crippen molar-refractivity contribution in [1.29, 1.82) is 0 Å². The van der Waals surface area contributed by atoms with Crippen LogP contribution in [-0.2, 0) is 13.6 Å². The predicted molar refractivity (Wildman–Crippen MR) is 106 cm³/mol. The molecule has 4 rings (SSSR count). The number of carbonyl (C=O) groups is 1. The zero-order chi connectivity index (χ0) is 19.7.